The van der Waals surface area contributed by atoms with Crippen molar-refractivity contribution in [3.8, 4) is 0 Å². The standard InChI is InChI=1S/C14H26N2O3/c1-10(2)7-9-16(4)13(19)15-11-6-5-8-14(11,3)12(17)18/h10-11H,5-9H2,1-4H3,(H,15,19)(H,17,18). The molecule has 5 nitrogen and oxygen atoms in total. The molecule has 0 saturated heterocycles. The van der Waals surface area contributed by atoms with Crippen LogP contribution < -0.4 is 5.32 Å². The molecule has 5 heteroatoms. The van der Waals surface area contributed by atoms with Gasteiger partial charge in [0.05, 0.1) is 5.41 Å². The van der Waals surface area contributed by atoms with Crippen LogP contribution in [0.5, 0.6) is 0 Å². The van der Waals surface area contributed by atoms with Crippen LogP contribution in [0.15, 0.2) is 0 Å². The van der Waals surface area contributed by atoms with Gasteiger partial charge in [0, 0.05) is 19.6 Å². The second-order valence-corrected chi connectivity index (χ2v) is 6.22. The van der Waals surface area contributed by atoms with Gasteiger partial charge >= 0.3 is 12.0 Å². The third kappa shape index (κ3) is 3.85. The molecule has 0 heterocycles. The van der Waals surface area contributed by atoms with Gasteiger partial charge in [-0.15, -0.1) is 0 Å². The first kappa shape index (κ1) is 15.8. The summed E-state index contributed by atoms with van der Waals surface area (Å²) in [5.74, 6) is -0.272. The van der Waals surface area contributed by atoms with Gasteiger partial charge in [-0.2, -0.15) is 0 Å². The number of amides is 2. The van der Waals surface area contributed by atoms with Crippen LogP contribution in [0.4, 0.5) is 4.79 Å². The first-order valence-electron chi connectivity index (χ1n) is 7.02. The molecule has 0 aromatic rings. The van der Waals surface area contributed by atoms with Crippen molar-refractivity contribution in [2.45, 2.75) is 52.5 Å². The molecule has 1 rings (SSSR count). The largest absolute Gasteiger partial charge is 0.481 e. The maximum Gasteiger partial charge on any atom is 0.317 e. The number of hydrogen-bond donors (Lipinski definition) is 2. The fourth-order valence-corrected chi connectivity index (χ4v) is 2.47. The Hall–Kier alpha value is -1.26. The zero-order valence-electron chi connectivity index (χ0n) is 12.4. The van der Waals surface area contributed by atoms with Crippen LogP contribution in [0.2, 0.25) is 0 Å². The lowest BCUT2D eigenvalue weighted by molar-refractivity contribution is -0.148. The SMILES string of the molecule is CC(C)CCN(C)C(=O)NC1CCCC1(C)C(=O)O. The van der Waals surface area contributed by atoms with Crippen LogP contribution in [0, 0.1) is 11.3 Å². The highest BCUT2D eigenvalue weighted by molar-refractivity contribution is 5.79. The second kappa shape index (κ2) is 6.26. The number of nitrogens with zero attached hydrogens (tertiary/aromatic N) is 1. The molecule has 0 radical (unpaired) electrons. The molecular formula is C14H26N2O3. The Kier molecular flexibility index (Phi) is 5.20. The number of urea groups is 1. The van der Waals surface area contributed by atoms with Gasteiger partial charge in [-0.3, -0.25) is 4.79 Å². The summed E-state index contributed by atoms with van der Waals surface area (Å²) in [5, 5.41) is 12.2. The van der Waals surface area contributed by atoms with E-state index in [1.54, 1.807) is 18.9 Å². The summed E-state index contributed by atoms with van der Waals surface area (Å²) < 4.78 is 0. The number of aliphatic carboxylic acids is 1. The minimum Gasteiger partial charge on any atom is -0.481 e. The van der Waals surface area contributed by atoms with Crippen molar-refractivity contribution in [3.63, 3.8) is 0 Å². The van der Waals surface area contributed by atoms with Crippen molar-refractivity contribution in [1.82, 2.24) is 10.2 Å². The Morgan fingerprint density at radius 1 is 1.47 bits per heavy atom. The lowest BCUT2D eigenvalue weighted by atomic mass is 9.85. The van der Waals surface area contributed by atoms with E-state index in [2.05, 4.69) is 19.2 Å². The number of carbonyl (C=O) groups is 2. The van der Waals surface area contributed by atoms with Gasteiger partial charge in [-0.25, -0.2) is 4.79 Å². The number of carboxylic acid groups (broad SMARTS) is 1. The van der Waals surface area contributed by atoms with Gasteiger partial charge in [0.25, 0.3) is 0 Å². The van der Waals surface area contributed by atoms with E-state index in [1.165, 1.54) is 0 Å². The molecule has 2 unspecified atom stereocenters. The Morgan fingerprint density at radius 2 is 2.11 bits per heavy atom. The summed E-state index contributed by atoms with van der Waals surface area (Å²) in [7, 11) is 1.75. The predicted octanol–water partition coefficient (Wildman–Crippen LogP) is 2.32. The average molecular weight is 270 g/mol. The second-order valence-electron chi connectivity index (χ2n) is 6.22. The van der Waals surface area contributed by atoms with Crippen LogP contribution in [0.1, 0.15) is 46.5 Å². The van der Waals surface area contributed by atoms with Gasteiger partial charge in [0.15, 0.2) is 0 Å². The maximum absolute atomic E-state index is 12.0. The number of carboxylic acids is 1. The summed E-state index contributed by atoms with van der Waals surface area (Å²) in [5.41, 5.74) is -0.825. The van der Waals surface area contributed by atoms with Crippen LogP contribution >= 0.6 is 0 Å². The lowest BCUT2D eigenvalue weighted by Gasteiger charge is -2.29. The fraction of sp³-hybridized carbons (Fsp3) is 0.857. The fourth-order valence-electron chi connectivity index (χ4n) is 2.47. The van der Waals surface area contributed by atoms with Gasteiger partial charge in [-0.05, 0) is 32.1 Å². The van der Waals surface area contributed by atoms with Crippen LogP contribution in [-0.2, 0) is 4.79 Å². The zero-order chi connectivity index (χ0) is 14.6. The molecule has 0 bridgehead atoms. The predicted molar refractivity (Wildman–Crippen MR) is 74.0 cm³/mol. The minimum absolute atomic E-state index is 0.167. The van der Waals surface area contributed by atoms with Gasteiger partial charge in [-0.1, -0.05) is 20.3 Å². The van der Waals surface area contributed by atoms with E-state index >= 15 is 0 Å². The molecule has 1 saturated carbocycles. The van der Waals surface area contributed by atoms with Crippen molar-refractivity contribution >= 4 is 12.0 Å². The Balaban J connectivity index is 2.54. The van der Waals surface area contributed by atoms with Gasteiger partial charge in [0.2, 0.25) is 0 Å². The summed E-state index contributed by atoms with van der Waals surface area (Å²) in [4.78, 5) is 25.0. The quantitative estimate of drug-likeness (QED) is 0.805. The third-order valence-electron chi connectivity index (χ3n) is 4.13. The normalized spacial score (nSPS) is 26.5. The first-order chi connectivity index (χ1) is 8.77. The number of hydrogen-bond acceptors (Lipinski definition) is 2. The maximum atomic E-state index is 12.0. The summed E-state index contributed by atoms with van der Waals surface area (Å²) >= 11 is 0. The molecule has 1 aliphatic carbocycles. The lowest BCUT2D eigenvalue weighted by Crippen LogP contribution is -2.50. The number of nitrogens with one attached hydrogen (secondary N) is 1. The Labute approximate surface area is 115 Å². The minimum atomic E-state index is -0.825. The van der Waals surface area contributed by atoms with Crippen molar-refractivity contribution in [1.29, 1.82) is 0 Å². The smallest absolute Gasteiger partial charge is 0.317 e. The molecule has 0 aromatic heterocycles. The number of carbonyl (C=O) groups excluding carboxylic acids is 1. The molecule has 0 aromatic carbocycles. The molecule has 2 atom stereocenters. The molecule has 19 heavy (non-hydrogen) atoms. The monoisotopic (exact) mass is 270 g/mol. The summed E-state index contributed by atoms with van der Waals surface area (Å²) in [6.45, 7) is 6.65. The van der Waals surface area contributed by atoms with E-state index in [-0.39, 0.29) is 12.1 Å². The van der Waals surface area contributed by atoms with E-state index in [0.29, 0.717) is 18.9 Å². The van der Waals surface area contributed by atoms with Crippen molar-refractivity contribution < 1.29 is 14.7 Å². The van der Waals surface area contributed by atoms with E-state index < -0.39 is 11.4 Å². The third-order valence-corrected chi connectivity index (χ3v) is 4.13. The van der Waals surface area contributed by atoms with Gasteiger partial charge in [0.1, 0.15) is 0 Å². The van der Waals surface area contributed by atoms with Crippen LogP contribution in [-0.4, -0.2) is 41.6 Å². The highest BCUT2D eigenvalue weighted by Gasteiger charge is 2.46. The highest BCUT2D eigenvalue weighted by Crippen LogP contribution is 2.38. The topological polar surface area (TPSA) is 69.6 Å². The summed E-state index contributed by atoms with van der Waals surface area (Å²) in [6.07, 6.45) is 3.17. The Bertz CT molecular complexity index is 344. The van der Waals surface area contributed by atoms with Crippen molar-refractivity contribution in [3.05, 3.63) is 0 Å². The van der Waals surface area contributed by atoms with E-state index in [0.717, 1.165) is 19.3 Å². The van der Waals surface area contributed by atoms with E-state index in [1.807, 2.05) is 0 Å². The molecule has 0 spiro atoms. The molecule has 110 valence electrons. The van der Waals surface area contributed by atoms with Gasteiger partial charge < -0.3 is 15.3 Å². The van der Waals surface area contributed by atoms with E-state index in [4.69, 9.17) is 0 Å². The van der Waals surface area contributed by atoms with Crippen molar-refractivity contribution in [2.24, 2.45) is 11.3 Å². The van der Waals surface area contributed by atoms with Crippen LogP contribution in [0.25, 0.3) is 0 Å². The molecule has 0 aliphatic heterocycles. The molecule has 1 aliphatic rings. The Morgan fingerprint density at radius 3 is 2.63 bits per heavy atom. The first-order valence-corrected chi connectivity index (χ1v) is 7.02. The molecular weight excluding hydrogens is 244 g/mol. The highest BCUT2D eigenvalue weighted by atomic mass is 16.4. The molecule has 2 N–H and O–H groups in total. The van der Waals surface area contributed by atoms with E-state index in [9.17, 15) is 14.7 Å². The van der Waals surface area contributed by atoms with Crippen molar-refractivity contribution in [2.75, 3.05) is 13.6 Å². The molecule has 2 amide bonds. The molecule has 1 fully saturated rings. The summed E-state index contributed by atoms with van der Waals surface area (Å²) in [6, 6.07) is -0.431. The van der Waals surface area contributed by atoms with Crippen LogP contribution in [0.3, 0.4) is 0 Å². The number of rotatable bonds is 5. The average Bonchev–Trinajstić information content (AvgIpc) is 2.69. The zero-order valence-corrected chi connectivity index (χ0v) is 12.4.